The molecule has 27 heavy (non-hydrogen) atoms. The molecule has 1 amide bonds. The van der Waals surface area contributed by atoms with Crippen molar-refractivity contribution in [1.82, 2.24) is 4.90 Å². The second kappa shape index (κ2) is 9.22. The molecule has 0 aliphatic carbocycles. The Bertz CT molecular complexity index is 761. The molecule has 0 radical (unpaired) electrons. The number of hydrogen-bond donors (Lipinski definition) is 2. The van der Waals surface area contributed by atoms with Crippen LogP contribution in [0.15, 0.2) is 48.5 Å². The van der Waals surface area contributed by atoms with Crippen molar-refractivity contribution < 1.29 is 14.6 Å². The fourth-order valence-electron chi connectivity index (χ4n) is 3.50. The minimum atomic E-state index is -0.441. The van der Waals surface area contributed by atoms with E-state index in [9.17, 15) is 9.90 Å². The minimum Gasteiger partial charge on any atom is -0.495 e. The number of piperidine rings is 1. The van der Waals surface area contributed by atoms with Crippen LogP contribution in [-0.2, 0) is 4.79 Å². The monoisotopic (exact) mass is 388 g/mol. The summed E-state index contributed by atoms with van der Waals surface area (Å²) < 4.78 is 5.11. The van der Waals surface area contributed by atoms with Crippen LogP contribution in [0.25, 0.3) is 0 Å². The summed E-state index contributed by atoms with van der Waals surface area (Å²) in [5.74, 6) is 0.735. The number of carbonyl (C=O) groups is 1. The highest BCUT2D eigenvalue weighted by atomic mass is 35.5. The number of rotatable bonds is 6. The van der Waals surface area contributed by atoms with Crippen LogP contribution in [0.5, 0.6) is 5.75 Å². The van der Waals surface area contributed by atoms with Crippen LogP contribution >= 0.6 is 11.6 Å². The van der Waals surface area contributed by atoms with Crippen LogP contribution in [0, 0.1) is 5.92 Å². The molecule has 1 saturated heterocycles. The van der Waals surface area contributed by atoms with Gasteiger partial charge in [-0.05, 0) is 55.6 Å². The third-order valence-electron chi connectivity index (χ3n) is 5.02. The van der Waals surface area contributed by atoms with E-state index >= 15 is 0 Å². The van der Waals surface area contributed by atoms with E-state index in [0.717, 1.165) is 31.5 Å². The second-order valence-corrected chi connectivity index (χ2v) is 7.27. The number of benzene rings is 2. The molecule has 2 aromatic carbocycles. The quantitative estimate of drug-likeness (QED) is 0.791. The Kier molecular flexibility index (Phi) is 6.72. The molecule has 1 atom stereocenters. The van der Waals surface area contributed by atoms with Gasteiger partial charge in [0.05, 0.1) is 24.8 Å². The van der Waals surface area contributed by atoms with Gasteiger partial charge in [-0.3, -0.25) is 9.69 Å². The Balaban J connectivity index is 1.47. The van der Waals surface area contributed by atoms with Gasteiger partial charge in [0.1, 0.15) is 5.75 Å². The van der Waals surface area contributed by atoms with Crippen LogP contribution in [0.1, 0.15) is 24.5 Å². The van der Waals surface area contributed by atoms with E-state index in [-0.39, 0.29) is 11.8 Å². The Morgan fingerprint density at radius 2 is 1.96 bits per heavy atom. The summed E-state index contributed by atoms with van der Waals surface area (Å²) in [7, 11) is 1.55. The predicted molar refractivity (Wildman–Crippen MR) is 107 cm³/mol. The van der Waals surface area contributed by atoms with Crippen LogP contribution in [0.4, 0.5) is 5.69 Å². The van der Waals surface area contributed by atoms with E-state index in [0.29, 0.717) is 23.0 Å². The number of nitrogens with zero attached hydrogens (tertiary/aromatic N) is 1. The lowest BCUT2D eigenvalue weighted by Crippen LogP contribution is -2.40. The minimum absolute atomic E-state index is 0.0710. The first-order chi connectivity index (χ1) is 13.1. The maximum Gasteiger partial charge on any atom is 0.238 e. The van der Waals surface area contributed by atoms with E-state index in [4.69, 9.17) is 16.3 Å². The zero-order valence-electron chi connectivity index (χ0n) is 15.4. The van der Waals surface area contributed by atoms with Crippen molar-refractivity contribution in [2.45, 2.75) is 18.9 Å². The number of anilines is 1. The lowest BCUT2D eigenvalue weighted by atomic mass is 9.87. The highest BCUT2D eigenvalue weighted by molar-refractivity contribution is 6.32. The molecule has 1 aliphatic heterocycles. The fourth-order valence-corrected chi connectivity index (χ4v) is 3.75. The van der Waals surface area contributed by atoms with Crippen molar-refractivity contribution in [3.8, 4) is 5.75 Å². The van der Waals surface area contributed by atoms with Crippen LogP contribution < -0.4 is 10.1 Å². The van der Waals surface area contributed by atoms with E-state index in [1.165, 1.54) is 0 Å². The van der Waals surface area contributed by atoms with Gasteiger partial charge >= 0.3 is 0 Å². The Morgan fingerprint density at radius 1 is 1.26 bits per heavy atom. The number of likely N-dealkylation sites (tertiary alicyclic amines) is 1. The first kappa shape index (κ1) is 19.7. The van der Waals surface area contributed by atoms with Gasteiger partial charge in [-0.2, -0.15) is 0 Å². The normalized spacial score (nSPS) is 16.7. The number of methoxy groups -OCH3 is 1. The van der Waals surface area contributed by atoms with Crippen LogP contribution in [-0.4, -0.2) is 42.7 Å². The van der Waals surface area contributed by atoms with E-state index < -0.39 is 6.10 Å². The van der Waals surface area contributed by atoms with Gasteiger partial charge in [0.2, 0.25) is 5.91 Å². The molecule has 1 aliphatic rings. The Labute approximate surface area is 164 Å². The number of amides is 1. The second-order valence-electron chi connectivity index (χ2n) is 6.87. The van der Waals surface area contributed by atoms with Gasteiger partial charge in [-0.15, -0.1) is 0 Å². The fraction of sp³-hybridized carbons (Fsp3) is 0.381. The van der Waals surface area contributed by atoms with Crippen LogP contribution in [0.2, 0.25) is 5.02 Å². The third kappa shape index (κ3) is 5.22. The summed E-state index contributed by atoms with van der Waals surface area (Å²) in [4.78, 5) is 14.4. The van der Waals surface area contributed by atoms with Gasteiger partial charge in [0, 0.05) is 5.69 Å². The molecule has 5 nitrogen and oxygen atoms in total. The first-order valence-electron chi connectivity index (χ1n) is 9.15. The predicted octanol–water partition coefficient (Wildman–Crippen LogP) is 3.73. The van der Waals surface area contributed by atoms with Crippen LogP contribution in [0.3, 0.4) is 0 Å². The van der Waals surface area contributed by atoms with Crippen molar-refractivity contribution in [3.05, 3.63) is 59.1 Å². The van der Waals surface area contributed by atoms with E-state index in [2.05, 4.69) is 10.2 Å². The van der Waals surface area contributed by atoms with Crippen molar-refractivity contribution in [3.63, 3.8) is 0 Å². The lowest BCUT2D eigenvalue weighted by molar-refractivity contribution is -0.117. The summed E-state index contributed by atoms with van der Waals surface area (Å²) >= 11 is 6.09. The van der Waals surface area contributed by atoms with Gasteiger partial charge in [-0.1, -0.05) is 41.9 Å². The smallest absolute Gasteiger partial charge is 0.238 e. The number of halogens is 1. The summed E-state index contributed by atoms with van der Waals surface area (Å²) in [6.07, 6.45) is 1.30. The molecule has 1 heterocycles. The molecule has 3 rings (SSSR count). The summed E-state index contributed by atoms with van der Waals surface area (Å²) in [6.45, 7) is 1.93. The molecule has 0 aromatic heterocycles. The molecule has 0 spiro atoms. The van der Waals surface area contributed by atoms with Crippen molar-refractivity contribution in [2.24, 2.45) is 5.92 Å². The highest BCUT2D eigenvalue weighted by Gasteiger charge is 2.26. The van der Waals surface area contributed by atoms with Crippen molar-refractivity contribution in [1.29, 1.82) is 0 Å². The zero-order valence-corrected chi connectivity index (χ0v) is 16.2. The molecule has 0 saturated carbocycles. The third-order valence-corrected chi connectivity index (χ3v) is 5.32. The lowest BCUT2D eigenvalue weighted by Gasteiger charge is -2.34. The Morgan fingerprint density at radius 3 is 2.59 bits per heavy atom. The average molecular weight is 389 g/mol. The number of carbonyl (C=O) groups excluding carboxylic acids is 1. The molecular formula is C21H25ClN2O3. The van der Waals surface area contributed by atoms with Gasteiger partial charge in [0.15, 0.2) is 0 Å². The van der Waals surface area contributed by atoms with Crippen molar-refractivity contribution >= 4 is 23.2 Å². The molecular weight excluding hydrogens is 364 g/mol. The van der Waals surface area contributed by atoms with E-state index in [1.54, 1.807) is 25.3 Å². The molecule has 2 aromatic rings. The molecule has 1 unspecified atom stereocenters. The molecule has 6 heteroatoms. The highest BCUT2D eigenvalue weighted by Crippen LogP contribution is 2.30. The summed E-state index contributed by atoms with van der Waals surface area (Å²) in [5.41, 5.74) is 1.62. The summed E-state index contributed by atoms with van der Waals surface area (Å²) in [5, 5.41) is 13.9. The number of hydrogen-bond acceptors (Lipinski definition) is 4. The maximum absolute atomic E-state index is 12.3. The number of aliphatic hydroxyl groups is 1. The molecule has 2 N–H and O–H groups in total. The number of ether oxygens (including phenoxy) is 1. The summed E-state index contributed by atoms with van der Waals surface area (Å²) in [6, 6.07) is 15.0. The first-order valence-corrected chi connectivity index (χ1v) is 9.53. The average Bonchev–Trinajstić information content (AvgIpc) is 2.69. The zero-order chi connectivity index (χ0) is 19.2. The van der Waals surface area contributed by atoms with Crippen molar-refractivity contribution in [2.75, 3.05) is 32.1 Å². The number of aliphatic hydroxyl groups excluding tert-OH is 1. The number of nitrogens with one attached hydrogen (secondary N) is 1. The molecule has 1 fully saturated rings. The molecule has 144 valence electrons. The van der Waals surface area contributed by atoms with Gasteiger partial charge < -0.3 is 15.2 Å². The standard InChI is InChI=1S/C21H25ClN2O3/c1-27-19-8-7-17(13-18(19)22)23-20(25)14-24-11-9-16(10-12-24)21(26)15-5-3-2-4-6-15/h2-8,13,16,21,26H,9-12,14H2,1H3,(H,23,25). The van der Waals surface area contributed by atoms with Gasteiger partial charge in [0.25, 0.3) is 0 Å². The topological polar surface area (TPSA) is 61.8 Å². The van der Waals surface area contributed by atoms with Gasteiger partial charge in [-0.25, -0.2) is 0 Å². The maximum atomic E-state index is 12.3. The Hall–Kier alpha value is -2.08. The van der Waals surface area contributed by atoms with E-state index in [1.807, 2.05) is 30.3 Å². The largest absolute Gasteiger partial charge is 0.495 e. The molecule has 0 bridgehead atoms. The SMILES string of the molecule is COc1ccc(NC(=O)CN2CCC(C(O)c3ccccc3)CC2)cc1Cl.